The molecule has 26 heavy (non-hydrogen) atoms. The third-order valence-corrected chi connectivity index (χ3v) is 3.21. The standard InChI is InChI=1S/C18H29FN4O3/c1-18(2,3)26-17(24)22-10-6-9-21-16(20-4)23-12-13-7-8-15(25-5)14(19)11-13/h7-8,11H,6,9-10,12H2,1-5H3,(H,22,24)(H2,20,21,23). The fraction of sp³-hybridized carbons (Fsp3) is 0.556. The Balaban J connectivity index is 2.27. The highest BCUT2D eigenvalue weighted by molar-refractivity contribution is 5.79. The number of hydrogen-bond acceptors (Lipinski definition) is 4. The van der Waals surface area contributed by atoms with Gasteiger partial charge in [0, 0.05) is 26.7 Å². The van der Waals surface area contributed by atoms with E-state index in [1.165, 1.54) is 13.2 Å². The van der Waals surface area contributed by atoms with Crippen LogP contribution in [0.1, 0.15) is 32.8 Å². The summed E-state index contributed by atoms with van der Waals surface area (Å²) in [4.78, 5) is 15.6. The summed E-state index contributed by atoms with van der Waals surface area (Å²) in [6.07, 6.45) is 0.276. The van der Waals surface area contributed by atoms with Gasteiger partial charge in [-0.05, 0) is 44.9 Å². The second-order valence-corrected chi connectivity index (χ2v) is 6.60. The van der Waals surface area contributed by atoms with Gasteiger partial charge in [-0.2, -0.15) is 0 Å². The first-order valence-electron chi connectivity index (χ1n) is 8.49. The molecule has 1 rings (SSSR count). The molecule has 0 aliphatic carbocycles. The Morgan fingerprint density at radius 3 is 2.46 bits per heavy atom. The summed E-state index contributed by atoms with van der Waals surface area (Å²) in [5.41, 5.74) is 0.271. The van der Waals surface area contributed by atoms with Crippen LogP contribution in [-0.2, 0) is 11.3 Å². The van der Waals surface area contributed by atoms with Crippen molar-refractivity contribution >= 4 is 12.1 Å². The molecule has 3 N–H and O–H groups in total. The van der Waals surface area contributed by atoms with E-state index in [0.717, 1.165) is 5.56 Å². The number of nitrogens with zero attached hydrogens (tertiary/aromatic N) is 1. The normalized spacial score (nSPS) is 11.7. The van der Waals surface area contributed by atoms with E-state index in [1.807, 2.05) is 20.8 Å². The SMILES string of the molecule is CN=C(NCCCNC(=O)OC(C)(C)C)NCc1ccc(OC)c(F)c1. The molecule has 1 aromatic carbocycles. The minimum Gasteiger partial charge on any atom is -0.494 e. The minimum atomic E-state index is -0.505. The van der Waals surface area contributed by atoms with Gasteiger partial charge < -0.3 is 25.4 Å². The Kier molecular flexibility index (Phi) is 8.67. The van der Waals surface area contributed by atoms with E-state index in [1.54, 1.807) is 19.2 Å². The van der Waals surface area contributed by atoms with Crippen LogP contribution in [0.4, 0.5) is 9.18 Å². The Hall–Kier alpha value is -2.51. The summed E-state index contributed by atoms with van der Waals surface area (Å²) in [6, 6.07) is 4.79. The zero-order valence-electron chi connectivity index (χ0n) is 16.1. The largest absolute Gasteiger partial charge is 0.494 e. The first kappa shape index (κ1) is 21.5. The smallest absolute Gasteiger partial charge is 0.407 e. The summed E-state index contributed by atoms with van der Waals surface area (Å²) in [7, 11) is 3.09. The van der Waals surface area contributed by atoms with E-state index >= 15 is 0 Å². The maximum absolute atomic E-state index is 13.7. The third-order valence-electron chi connectivity index (χ3n) is 3.21. The van der Waals surface area contributed by atoms with Gasteiger partial charge in [0.1, 0.15) is 5.60 Å². The Morgan fingerprint density at radius 2 is 1.88 bits per heavy atom. The molecule has 0 aliphatic heterocycles. The summed E-state index contributed by atoms with van der Waals surface area (Å²) < 4.78 is 23.7. The van der Waals surface area contributed by atoms with Crippen molar-refractivity contribution in [2.24, 2.45) is 4.99 Å². The highest BCUT2D eigenvalue weighted by atomic mass is 19.1. The molecule has 0 aliphatic rings. The van der Waals surface area contributed by atoms with Gasteiger partial charge in [0.2, 0.25) is 0 Å². The van der Waals surface area contributed by atoms with Crippen molar-refractivity contribution in [1.29, 1.82) is 0 Å². The van der Waals surface area contributed by atoms with Gasteiger partial charge in [0.25, 0.3) is 0 Å². The van der Waals surface area contributed by atoms with Crippen LogP contribution in [0.3, 0.4) is 0 Å². The number of hydrogen-bond donors (Lipinski definition) is 3. The number of methoxy groups -OCH3 is 1. The lowest BCUT2D eigenvalue weighted by molar-refractivity contribution is 0.0527. The number of guanidine groups is 1. The summed E-state index contributed by atoms with van der Waals surface area (Å²) in [6.45, 7) is 6.99. The minimum absolute atomic E-state index is 0.216. The van der Waals surface area contributed by atoms with Crippen LogP contribution >= 0.6 is 0 Å². The van der Waals surface area contributed by atoms with Crippen LogP contribution in [0, 0.1) is 5.82 Å². The number of halogens is 1. The van der Waals surface area contributed by atoms with Crippen LogP contribution in [0.15, 0.2) is 23.2 Å². The molecule has 0 fully saturated rings. The number of ether oxygens (including phenoxy) is 2. The van der Waals surface area contributed by atoms with E-state index in [9.17, 15) is 9.18 Å². The highest BCUT2D eigenvalue weighted by Crippen LogP contribution is 2.17. The van der Waals surface area contributed by atoms with Crippen molar-refractivity contribution in [2.45, 2.75) is 39.3 Å². The van der Waals surface area contributed by atoms with Gasteiger partial charge in [0.15, 0.2) is 17.5 Å². The molecule has 0 spiro atoms. The molecule has 146 valence electrons. The van der Waals surface area contributed by atoms with Crippen molar-refractivity contribution in [1.82, 2.24) is 16.0 Å². The van der Waals surface area contributed by atoms with Gasteiger partial charge in [-0.1, -0.05) is 6.07 Å². The first-order valence-corrected chi connectivity index (χ1v) is 8.49. The fourth-order valence-electron chi connectivity index (χ4n) is 2.03. The summed E-state index contributed by atoms with van der Waals surface area (Å²) in [5.74, 6) is 0.412. The van der Waals surface area contributed by atoms with Gasteiger partial charge in [-0.15, -0.1) is 0 Å². The lowest BCUT2D eigenvalue weighted by Crippen LogP contribution is -2.39. The van der Waals surface area contributed by atoms with Gasteiger partial charge in [-0.25, -0.2) is 9.18 Å². The predicted molar refractivity (Wildman–Crippen MR) is 100 cm³/mol. The molecule has 1 amide bonds. The fourth-order valence-corrected chi connectivity index (χ4v) is 2.03. The number of nitrogens with one attached hydrogen (secondary N) is 3. The molecule has 0 heterocycles. The average molecular weight is 368 g/mol. The molecule has 0 saturated heterocycles. The maximum atomic E-state index is 13.7. The summed E-state index contributed by atoms with van der Waals surface area (Å²) >= 11 is 0. The second kappa shape index (κ2) is 10.5. The molecular weight excluding hydrogens is 339 g/mol. The van der Waals surface area contributed by atoms with Crippen LogP contribution in [0.2, 0.25) is 0 Å². The molecule has 0 saturated carbocycles. The van der Waals surface area contributed by atoms with E-state index < -0.39 is 17.5 Å². The Labute approximate surface area is 154 Å². The van der Waals surface area contributed by atoms with Crippen LogP contribution in [0.5, 0.6) is 5.75 Å². The van der Waals surface area contributed by atoms with Crippen LogP contribution < -0.4 is 20.7 Å². The van der Waals surface area contributed by atoms with Gasteiger partial charge in [-0.3, -0.25) is 4.99 Å². The number of alkyl carbamates (subject to hydrolysis) is 1. The number of aliphatic imine (C=N–C) groups is 1. The highest BCUT2D eigenvalue weighted by Gasteiger charge is 2.15. The van der Waals surface area contributed by atoms with E-state index in [0.29, 0.717) is 32.0 Å². The number of benzene rings is 1. The molecule has 0 bridgehead atoms. The maximum Gasteiger partial charge on any atom is 0.407 e. The van der Waals surface area contributed by atoms with Crippen molar-refractivity contribution in [2.75, 3.05) is 27.2 Å². The van der Waals surface area contributed by atoms with Crippen LogP contribution in [0.25, 0.3) is 0 Å². The van der Waals surface area contributed by atoms with Gasteiger partial charge >= 0.3 is 6.09 Å². The number of carbonyl (C=O) groups excluding carboxylic acids is 1. The molecule has 0 unspecified atom stereocenters. The number of amides is 1. The first-order chi connectivity index (χ1) is 12.2. The monoisotopic (exact) mass is 368 g/mol. The zero-order valence-corrected chi connectivity index (χ0v) is 16.1. The topological polar surface area (TPSA) is 84.0 Å². The number of rotatable bonds is 7. The lowest BCUT2D eigenvalue weighted by atomic mass is 10.2. The molecule has 0 radical (unpaired) electrons. The van der Waals surface area contributed by atoms with Crippen molar-refractivity contribution in [3.05, 3.63) is 29.6 Å². The predicted octanol–water partition coefficient (Wildman–Crippen LogP) is 2.41. The van der Waals surface area contributed by atoms with E-state index in [-0.39, 0.29) is 5.75 Å². The van der Waals surface area contributed by atoms with E-state index in [2.05, 4.69) is 20.9 Å². The van der Waals surface area contributed by atoms with Crippen molar-refractivity contribution < 1.29 is 18.7 Å². The van der Waals surface area contributed by atoms with Crippen molar-refractivity contribution in [3.63, 3.8) is 0 Å². The number of carbonyl (C=O) groups is 1. The molecule has 0 atom stereocenters. The van der Waals surface area contributed by atoms with Gasteiger partial charge in [0.05, 0.1) is 7.11 Å². The second-order valence-electron chi connectivity index (χ2n) is 6.60. The average Bonchev–Trinajstić information content (AvgIpc) is 2.55. The third kappa shape index (κ3) is 8.55. The molecule has 1 aromatic rings. The zero-order chi connectivity index (χ0) is 19.6. The lowest BCUT2D eigenvalue weighted by Gasteiger charge is -2.19. The Bertz CT molecular complexity index is 615. The molecule has 7 nitrogen and oxygen atoms in total. The summed E-state index contributed by atoms with van der Waals surface area (Å²) in [5, 5.41) is 8.92. The van der Waals surface area contributed by atoms with Crippen LogP contribution in [-0.4, -0.2) is 44.9 Å². The van der Waals surface area contributed by atoms with E-state index in [4.69, 9.17) is 9.47 Å². The molecule has 0 aromatic heterocycles. The Morgan fingerprint density at radius 1 is 1.19 bits per heavy atom. The van der Waals surface area contributed by atoms with Crippen molar-refractivity contribution in [3.8, 4) is 5.75 Å². The molecular formula is C18H29FN4O3. The quantitative estimate of drug-likeness (QED) is 0.391. The molecule has 8 heteroatoms.